The van der Waals surface area contributed by atoms with Gasteiger partial charge in [0.25, 0.3) is 0 Å². The summed E-state index contributed by atoms with van der Waals surface area (Å²) in [6, 6.07) is 16.7. The second-order valence-corrected chi connectivity index (χ2v) is 13.7. The van der Waals surface area contributed by atoms with Gasteiger partial charge in [-0.3, -0.25) is 9.59 Å². The summed E-state index contributed by atoms with van der Waals surface area (Å²) in [5.74, 6) is 0.879. The van der Waals surface area contributed by atoms with Gasteiger partial charge in [0.1, 0.15) is 17.3 Å². The smallest absolute Gasteiger partial charge is 0.161 e. The summed E-state index contributed by atoms with van der Waals surface area (Å²) in [7, 11) is 0. The van der Waals surface area contributed by atoms with Crippen molar-refractivity contribution in [1.82, 2.24) is 9.97 Å². The molecule has 0 aliphatic heterocycles. The monoisotopic (exact) mass is 657 g/mol. The number of aryl methyl sites for hydroxylation is 2. The van der Waals surface area contributed by atoms with Crippen molar-refractivity contribution in [3.63, 3.8) is 0 Å². The van der Waals surface area contributed by atoms with Crippen molar-refractivity contribution in [3.8, 4) is 17.2 Å². The molecule has 3 N–H and O–H groups in total. The number of rotatable bonds is 13. The molecule has 8 nitrogen and oxygen atoms in total. The van der Waals surface area contributed by atoms with Crippen molar-refractivity contribution in [2.24, 2.45) is 11.8 Å². The molecule has 0 spiro atoms. The second-order valence-electron chi connectivity index (χ2n) is 13.7. The van der Waals surface area contributed by atoms with Crippen molar-refractivity contribution in [3.05, 3.63) is 112 Å². The number of nitrogens with zero attached hydrogens (tertiary/aromatic N) is 2. The Hall–Kier alpha value is -4.98. The van der Waals surface area contributed by atoms with Gasteiger partial charge in [0.2, 0.25) is 0 Å². The Morgan fingerprint density at radius 3 is 2.71 bits per heavy atom. The molecular weight excluding hydrogens is 614 g/mol. The van der Waals surface area contributed by atoms with Gasteiger partial charge in [-0.05, 0) is 99.1 Å². The number of benzene rings is 2. The zero-order valence-corrected chi connectivity index (χ0v) is 27.7. The van der Waals surface area contributed by atoms with Gasteiger partial charge in [0.05, 0.1) is 12.5 Å². The summed E-state index contributed by atoms with van der Waals surface area (Å²) in [5, 5.41) is 25.6. The van der Waals surface area contributed by atoms with Gasteiger partial charge in [0, 0.05) is 17.9 Å². The molecule has 1 fully saturated rings. The highest BCUT2D eigenvalue weighted by atomic mass is 16.5. The third-order valence-electron chi connectivity index (χ3n) is 10.4. The van der Waals surface area contributed by atoms with Gasteiger partial charge in [-0.25, -0.2) is 0 Å². The van der Waals surface area contributed by atoms with Crippen molar-refractivity contribution in [2.75, 3.05) is 6.54 Å². The summed E-state index contributed by atoms with van der Waals surface area (Å²) in [5.41, 5.74) is 5.64. The van der Waals surface area contributed by atoms with Gasteiger partial charge < -0.3 is 30.2 Å². The number of H-pyrrole nitrogens is 1. The number of carbonyl (C=O) groups is 2. The van der Waals surface area contributed by atoms with E-state index in [4.69, 9.17) is 10.1 Å². The van der Waals surface area contributed by atoms with Crippen LogP contribution in [0, 0.1) is 11.8 Å². The number of hydrogen-bond donors (Lipinski definition) is 3. The Kier molecular flexibility index (Phi) is 9.73. The molecule has 1 saturated carbocycles. The van der Waals surface area contributed by atoms with E-state index in [2.05, 4.69) is 22.1 Å². The lowest BCUT2D eigenvalue weighted by Gasteiger charge is -2.37. The Bertz CT molecular complexity index is 1850. The molecule has 3 aliphatic rings. The fourth-order valence-corrected chi connectivity index (χ4v) is 7.80. The number of hydrogen-bond acceptors (Lipinski definition) is 5. The van der Waals surface area contributed by atoms with Gasteiger partial charge in [0.15, 0.2) is 11.5 Å². The summed E-state index contributed by atoms with van der Waals surface area (Å²) in [6.07, 6.45) is 17.1. The lowest BCUT2D eigenvalue weighted by atomic mass is 9.69. The van der Waals surface area contributed by atoms with Crippen LogP contribution in [0.2, 0.25) is 0 Å². The summed E-state index contributed by atoms with van der Waals surface area (Å²) in [4.78, 5) is 35.5. The number of fused-ring (bicyclic) bond motifs is 2. The van der Waals surface area contributed by atoms with E-state index < -0.39 is 5.92 Å². The molecule has 49 heavy (non-hydrogen) atoms. The molecule has 0 bridgehead atoms. The Labute approximate surface area is 287 Å². The number of Topliss-reactive ketones (excluding diaryl/α,β-unsaturated/α-hetero) is 2. The minimum atomic E-state index is -0.508. The number of aromatic hydroxyl groups is 2. The minimum absolute atomic E-state index is 0.0933. The number of ketones is 2. The van der Waals surface area contributed by atoms with Crippen LogP contribution in [0.25, 0.3) is 17.5 Å². The maximum atomic E-state index is 14.3. The molecule has 0 radical (unpaired) electrons. The number of phenols is 2. The van der Waals surface area contributed by atoms with Gasteiger partial charge in [-0.1, -0.05) is 77.8 Å². The number of nitrogens with one attached hydrogen (secondary N) is 1. The summed E-state index contributed by atoms with van der Waals surface area (Å²) in [6.45, 7) is 0.324. The molecule has 2 aromatic carbocycles. The second kappa shape index (κ2) is 14.6. The van der Waals surface area contributed by atoms with E-state index in [0.717, 1.165) is 77.9 Å². The first-order chi connectivity index (χ1) is 23.9. The van der Waals surface area contributed by atoms with E-state index in [1.165, 1.54) is 0 Å². The van der Waals surface area contributed by atoms with Crippen LogP contribution in [0.1, 0.15) is 85.2 Å². The molecule has 2 aromatic heterocycles. The number of aromatic amines is 1. The molecule has 3 unspecified atom stereocenters. The number of ether oxygens (including phenoxy) is 1. The van der Waals surface area contributed by atoms with E-state index in [9.17, 15) is 19.8 Å². The van der Waals surface area contributed by atoms with E-state index in [1.807, 2.05) is 54.7 Å². The van der Waals surface area contributed by atoms with E-state index in [1.54, 1.807) is 18.3 Å². The topological polar surface area (TPSA) is 128 Å². The van der Waals surface area contributed by atoms with E-state index >= 15 is 0 Å². The van der Waals surface area contributed by atoms with Crippen LogP contribution in [0.5, 0.6) is 17.2 Å². The first-order valence-corrected chi connectivity index (χ1v) is 17.6. The molecule has 7 rings (SSSR count). The first-order valence-electron chi connectivity index (χ1n) is 17.6. The third kappa shape index (κ3) is 7.53. The van der Waals surface area contributed by atoms with Crippen LogP contribution >= 0.6 is 0 Å². The van der Waals surface area contributed by atoms with E-state index in [0.29, 0.717) is 25.1 Å². The first kappa shape index (κ1) is 32.6. The van der Waals surface area contributed by atoms with Gasteiger partial charge >= 0.3 is 0 Å². The minimum Gasteiger partial charge on any atom is -0.664 e. The maximum Gasteiger partial charge on any atom is 0.161 e. The Morgan fingerprint density at radius 1 is 1.00 bits per heavy atom. The molecule has 0 saturated heterocycles. The number of phenolic OH excluding ortho intramolecular Hbond substituents is 2. The normalized spacial score (nSPS) is 20.2. The number of allylic oxidation sites excluding steroid dienone is 1. The van der Waals surface area contributed by atoms with Crippen molar-refractivity contribution in [1.29, 1.82) is 0 Å². The highest BCUT2D eigenvalue weighted by Crippen LogP contribution is 2.45. The molecule has 3 atom stereocenters. The standard InChI is InChI=1S/C41H43N3O5/c45-30(15-11-27-13-17-37(47)39(22-27)49-31-6-1-2-7-31)24-38(48)41-29(25-44-40-9-4-19-43-40)23-35-33(18-20-42-35)34(41)21-26-10-14-28-5-3-8-36(46)32(28)16-12-26/h3-5,8-9,12-13,16-20,22-23,26,31,34,41,43,46-47H,1-2,6-7,10-11,14-15,21,24-25H2/q-2. The highest BCUT2D eigenvalue weighted by molar-refractivity contribution is 6.02. The third-order valence-corrected chi connectivity index (χ3v) is 10.4. The molecule has 4 aromatic rings. The molecule has 3 aliphatic carbocycles. The predicted molar refractivity (Wildman–Crippen MR) is 190 cm³/mol. The Balaban J connectivity index is 1.08. The van der Waals surface area contributed by atoms with Crippen LogP contribution < -0.4 is 9.72 Å². The molecule has 0 amide bonds. The molecule has 8 heteroatoms. The summed E-state index contributed by atoms with van der Waals surface area (Å²) < 4.78 is 6.06. The highest BCUT2D eigenvalue weighted by Gasteiger charge is 2.36. The molecular formula is C41H43N3O5-2. The fraction of sp³-hybridized carbons (Fsp3) is 0.366. The van der Waals surface area contributed by atoms with Gasteiger partial charge in [-0.15, -0.1) is 5.69 Å². The van der Waals surface area contributed by atoms with Crippen LogP contribution in [0.15, 0.2) is 78.6 Å². The number of aromatic nitrogens is 2. The van der Waals surface area contributed by atoms with Crippen LogP contribution in [0.3, 0.4) is 0 Å². The van der Waals surface area contributed by atoms with Crippen LogP contribution in [-0.2, 0) is 22.4 Å². The summed E-state index contributed by atoms with van der Waals surface area (Å²) >= 11 is 0. The quantitative estimate of drug-likeness (QED) is 0.124. The van der Waals surface area contributed by atoms with Crippen molar-refractivity contribution in [2.45, 2.75) is 76.2 Å². The van der Waals surface area contributed by atoms with Crippen molar-refractivity contribution < 1.29 is 24.5 Å². The molecule has 2 heterocycles. The fourth-order valence-electron chi connectivity index (χ4n) is 7.80. The average molecular weight is 658 g/mol. The zero-order valence-electron chi connectivity index (χ0n) is 27.7. The van der Waals surface area contributed by atoms with Gasteiger partial charge in [-0.2, -0.15) is 6.20 Å². The van der Waals surface area contributed by atoms with Crippen molar-refractivity contribution >= 4 is 29.5 Å². The number of carbonyl (C=O) groups excluding carboxylic acids is 2. The van der Waals surface area contributed by atoms with Crippen LogP contribution in [0.4, 0.5) is 5.82 Å². The van der Waals surface area contributed by atoms with Crippen LogP contribution in [-0.4, -0.2) is 39.4 Å². The maximum absolute atomic E-state index is 14.3. The van der Waals surface area contributed by atoms with E-state index in [-0.39, 0.29) is 53.8 Å². The Morgan fingerprint density at radius 2 is 1.88 bits per heavy atom. The SMILES string of the molecule is O=C(CCc1ccc(O)c(OC2CCCC2)c1)CC(=O)C1C(C[N-]c2ccc[nH]2)=Cc2[n-]ccc2C1CC1C=Cc2c(O)cccc2CC1. The lowest BCUT2D eigenvalue weighted by molar-refractivity contribution is -0.129. The average Bonchev–Trinajstić information content (AvgIpc) is 3.88. The predicted octanol–water partition coefficient (Wildman–Crippen LogP) is 8.33. The lowest BCUT2D eigenvalue weighted by Crippen LogP contribution is -2.31. The molecule has 254 valence electrons. The largest absolute Gasteiger partial charge is 0.664 e. The zero-order chi connectivity index (χ0) is 33.7.